The lowest BCUT2D eigenvalue weighted by Gasteiger charge is -2.21. The molecule has 1 fully saturated rings. The van der Waals surface area contributed by atoms with Gasteiger partial charge in [-0.3, -0.25) is 0 Å². The van der Waals surface area contributed by atoms with Crippen molar-refractivity contribution >= 4 is 6.29 Å². The van der Waals surface area contributed by atoms with Crippen molar-refractivity contribution in [3.8, 4) is 0 Å². The smallest absolute Gasteiger partial charge is 0.128 e. The molecule has 0 aromatic rings. The van der Waals surface area contributed by atoms with Crippen LogP contribution in [-0.4, -0.2) is 17.5 Å². The van der Waals surface area contributed by atoms with Gasteiger partial charge in [-0.1, -0.05) is 13.8 Å². The number of aliphatic hydroxyl groups is 1. The zero-order valence-electron chi connectivity index (χ0n) is 6.50. The highest BCUT2D eigenvalue weighted by Gasteiger charge is 2.41. The third-order valence-corrected chi connectivity index (χ3v) is 2.62. The van der Waals surface area contributed by atoms with Gasteiger partial charge in [0.2, 0.25) is 0 Å². The summed E-state index contributed by atoms with van der Waals surface area (Å²) >= 11 is 0. The zero-order chi connectivity index (χ0) is 7.78. The quantitative estimate of drug-likeness (QED) is 0.554. The molecule has 1 saturated carbocycles. The van der Waals surface area contributed by atoms with E-state index in [2.05, 4.69) is 0 Å². The van der Waals surface area contributed by atoms with Gasteiger partial charge in [0.25, 0.3) is 0 Å². The lowest BCUT2D eigenvalue weighted by atomic mass is 9.87. The summed E-state index contributed by atoms with van der Waals surface area (Å²) in [6.45, 7) is 3.81. The van der Waals surface area contributed by atoms with E-state index in [1.54, 1.807) is 0 Å². The Morgan fingerprint density at radius 3 is 2.50 bits per heavy atom. The summed E-state index contributed by atoms with van der Waals surface area (Å²) in [7, 11) is 0. The summed E-state index contributed by atoms with van der Waals surface area (Å²) < 4.78 is 0. The first-order valence-corrected chi connectivity index (χ1v) is 3.74. The van der Waals surface area contributed by atoms with Crippen LogP contribution in [0.1, 0.15) is 26.7 Å². The van der Waals surface area contributed by atoms with Gasteiger partial charge in [-0.05, 0) is 18.8 Å². The standard InChI is InChI=1S/C8H14O2/c1-6-3-4-8(2,5-9)7(6)10/h5-7,10H,3-4H2,1-2H3/t6-,7-,8+/m0/s1. The van der Waals surface area contributed by atoms with Crippen molar-refractivity contribution in [2.45, 2.75) is 32.8 Å². The largest absolute Gasteiger partial charge is 0.392 e. The van der Waals surface area contributed by atoms with Gasteiger partial charge in [0.1, 0.15) is 6.29 Å². The van der Waals surface area contributed by atoms with Crippen molar-refractivity contribution in [1.29, 1.82) is 0 Å². The Bertz CT molecular complexity index is 144. The average molecular weight is 142 g/mol. The second kappa shape index (κ2) is 2.35. The molecule has 0 aromatic heterocycles. The molecule has 1 aliphatic rings. The van der Waals surface area contributed by atoms with E-state index in [9.17, 15) is 9.90 Å². The maximum absolute atomic E-state index is 10.5. The third kappa shape index (κ3) is 0.966. The molecule has 3 atom stereocenters. The number of rotatable bonds is 1. The summed E-state index contributed by atoms with van der Waals surface area (Å²) in [5, 5.41) is 9.49. The van der Waals surface area contributed by atoms with E-state index in [1.165, 1.54) is 0 Å². The number of hydrogen-bond donors (Lipinski definition) is 1. The molecule has 58 valence electrons. The molecule has 2 heteroatoms. The van der Waals surface area contributed by atoms with E-state index in [-0.39, 0.29) is 5.92 Å². The second-order valence-electron chi connectivity index (χ2n) is 3.58. The fourth-order valence-electron chi connectivity index (χ4n) is 1.62. The topological polar surface area (TPSA) is 37.3 Å². The van der Waals surface area contributed by atoms with Crippen molar-refractivity contribution in [1.82, 2.24) is 0 Å². The van der Waals surface area contributed by atoms with E-state index in [1.807, 2.05) is 13.8 Å². The first kappa shape index (κ1) is 7.73. The fraction of sp³-hybridized carbons (Fsp3) is 0.875. The van der Waals surface area contributed by atoms with E-state index in [0.717, 1.165) is 19.1 Å². The molecule has 2 nitrogen and oxygen atoms in total. The molecule has 0 aliphatic heterocycles. The Hall–Kier alpha value is -0.370. The van der Waals surface area contributed by atoms with Crippen LogP contribution in [0.2, 0.25) is 0 Å². The number of carbonyl (C=O) groups is 1. The first-order chi connectivity index (χ1) is 4.60. The predicted octanol–water partition coefficient (Wildman–Crippen LogP) is 0.982. The minimum atomic E-state index is -0.459. The van der Waals surface area contributed by atoms with Crippen molar-refractivity contribution in [2.75, 3.05) is 0 Å². The van der Waals surface area contributed by atoms with Crippen LogP contribution in [0.15, 0.2) is 0 Å². The maximum atomic E-state index is 10.5. The molecule has 10 heavy (non-hydrogen) atoms. The van der Waals surface area contributed by atoms with Crippen LogP contribution < -0.4 is 0 Å². The summed E-state index contributed by atoms with van der Waals surface area (Å²) in [6.07, 6.45) is 2.26. The number of hydrogen-bond acceptors (Lipinski definition) is 2. The molecule has 0 saturated heterocycles. The SMILES string of the molecule is C[C@H]1CC[C@](C)(C=O)[C@H]1O. The summed E-state index contributed by atoms with van der Waals surface area (Å²) in [6, 6.07) is 0. The van der Waals surface area contributed by atoms with Gasteiger partial charge >= 0.3 is 0 Å². The molecule has 0 radical (unpaired) electrons. The molecular weight excluding hydrogens is 128 g/mol. The van der Waals surface area contributed by atoms with E-state index in [0.29, 0.717) is 0 Å². The van der Waals surface area contributed by atoms with Crippen molar-refractivity contribution in [3.63, 3.8) is 0 Å². The van der Waals surface area contributed by atoms with Gasteiger partial charge in [-0.25, -0.2) is 0 Å². The van der Waals surface area contributed by atoms with Crippen LogP contribution in [0.5, 0.6) is 0 Å². The highest BCUT2D eigenvalue weighted by molar-refractivity contribution is 5.60. The van der Waals surface area contributed by atoms with Crippen LogP contribution in [-0.2, 0) is 4.79 Å². The van der Waals surface area contributed by atoms with Crippen LogP contribution >= 0.6 is 0 Å². The van der Waals surface area contributed by atoms with Gasteiger partial charge in [0.15, 0.2) is 0 Å². The molecule has 1 aliphatic carbocycles. The van der Waals surface area contributed by atoms with Gasteiger partial charge in [0.05, 0.1) is 6.10 Å². The number of carbonyl (C=O) groups excluding carboxylic acids is 1. The van der Waals surface area contributed by atoms with Crippen molar-refractivity contribution < 1.29 is 9.90 Å². The van der Waals surface area contributed by atoms with Crippen LogP contribution in [0.3, 0.4) is 0 Å². The number of aldehydes is 1. The van der Waals surface area contributed by atoms with Gasteiger partial charge in [-0.15, -0.1) is 0 Å². The zero-order valence-corrected chi connectivity index (χ0v) is 6.50. The molecule has 0 spiro atoms. The van der Waals surface area contributed by atoms with Crippen LogP contribution in [0, 0.1) is 11.3 Å². The van der Waals surface area contributed by atoms with E-state index < -0.39 is 11.5 Å². The Kier molecular flexibility index (Phi) is 1.82. The van der Waals surface area contributed by atoms with Gasteiger partial charge in [-0.2, -0.15) is 0 Å². The third-order valence-electron chi connectivity index (χ3n) is 2.62. The molecule has 0 aromatic carbocycles. The Balaban J connectivity index is 2.73. The molecule has 1 N–H and O–H groups in total. The Morgan fingerprint density at radius 2 is 2.30 bits per heavy atom. The van der Waals surface area contributed by atoms with E-state index in [4.69, 9.17) is 0 Å². The predicted molar refractivity (Wildman–Crippen MR) is 38.6 cm³/mol. The van der Waals surface area contributed by atoms with E-state index >= 15 is 0 Å². The lowest BCUT2D eigenvalue weighted by Crippen LogP contribution is -2.30. The summed E-state index contributed by atoms with van der Waals surface area (Å²) in [5.74, 6) is 0.287. The van der Waals surface area contributed by atoms with Crippen LogP contribution in [0.4, 0.5) is 0 Å². The average Bonchev–Trinajstić information content (AvgIpc) is 2.19. The maximum Gasteiger partial charge on any atom is 0.128 e. The second-order valence-corrected chi connectivity index (χ2v) is 3.58. The fourth-order valence-corrected chi connectivity index (χ4v) is 1.62. The van der Waals surface area contributed by atoms with Crippen LogP contribution in [0.25, 0.3) is 0 Å². The number of aliphatic hydroxyl groups excluding tert-OH is 1. The highest BCUT2D eigenvalue weighted by Crippen LogP contribution is 2.39. The first-order valence-electron chi connectivity index (χ1n) is 3.74. The molecule has 0 unspecified atom stereocenters. The van der Waals surface area contributed by atoms with Crippen molar-refractivity contribution in [2.24, 2.45) is 11.3 Å². The minimum Gasteiger partial charge on any atom is -0.392 e. The Morgan fingerprint density at radius 1 is 1.70 bits per heavy atom. The molecule has 0 heterocycles. The highest BCUT2D eigenvalue weighted by atomic mass is 16.3. The normalized spacial score (nSPS) is 47.5. The summed E-state index contributed by atoms with van der Waals surface area (Å²) in [5.41, 5.74) is -0.459. The molecular formula is C8H14O2. The van der Waals surface area contributed by atoms with Crippen molar-refractivity contribution in [3.05, 3.63) is 0 Å². The molecule has 0 bridgehead atoms. The minimum absolute atomic E-state index is 0.287. The lowest BCUT2D eigenvalue weighted by molar-refractivity contribution is -0.120. The van der Waals surface area contributed by atoms with Gasteiger partial charge in [0, 0.05) is 5.41 Å². The molecule has 1 rings (SSSR count). The Labute approximate surface area is 61.2 Å². The monoisotopic (exact) mass is 142 g/mol. The summed E-state index contributed by atoms with van der Waals surface area (Å²) in [4.78, 5) is 10.5. The molecule has 0 amide bonds. The van der Waals surface area contributed by atoms with Gasteiger partial charge < -0.3 is 9.90 Å².